The van der Waals surface area contributed by atoms with Crippen LogP contribution in [0, 0.1) is 12.7 Å². The Morgan fingerprint density at radius 1 is 1.29 bits per heavy atom. The number of halogens is 1. The average Bonchev–Trinajstić information content (AvgIpc) is 2.81. The number of aryl methyl sites for hydroxylation is 1. The molecule has 2 nitrogen and oxygen atoms in total. The Bertz CT molecular complexity index is 560. The molecule has 0 saturated heterocycles. The van der Waals surface area contributed by atoms with Crippen molar-refractivity contribution in [3.05, 3.63) is 46.6 Å². The second-order valence-electron chi connectivity index (χ2n) is 3.62. The summed E-state index contributed by atoms with van der Waals surface area (Å²) in [7, 11) is 1.35. The van der Waals surface area contributed by atoms with Crippen molar-refractivity contribution in [2.24, 2.45) is 0 Å². The maximum atomic E-state index is 13.1. The Morgan fingerprint density at radius 2 is 2.06 bits per heavy atom. The molecule has 0 bridgehead atoms. The van der Waals surface area contributed by atoms with Crippen molar-refractivity contribution in [1.82, 2.24) is 0 Å². The molecule has 0 N–H and O–H groups in total. The molecule has 0 unspecified atom stereocenters. The third kappa shape index (κ3) is 2.36. The summed E-state index contributed by atoms with van der Waals surface area (Å²) in [5.41, 5.74) is 1.50. The van der Waals surface area contributed by atoms with E-state index in [1.807, 2.05) is 6.07 Å². The highest BCUT2D eigenvalue weighted by atomic mass is 32.1. The number of rotatable bonds is 2. The monoisotopic (exact) mass is 250 g/mol. The predicted octanol–water partition coefficient (Wildman–Crippen LogP) is 3.65. The smallest absolute Gasteiger partial charge is 0.348 e. The first-order valence-corrected chi connectivity index (χ1v) is 5.88. The SMILES string of the molecule is COC(=O)c1ccc(-c2ccc(F)c(C)c2)s1. The van der Waals surface area contributed by atoms with Crippen LogP contribution in [0.3, 0.4) is 0 Å². The van der Waals surface area contributed by atoms with Gasteiger partial charge in [-0.2, -0.15) is 0 Å². The molecule has 0 saturated carbocycles. The molecule has 0 amide bonds. The van der Waals surface area contributed by atoms with Gasteiger partial charge in [0, 0.05) is 4.88 Å². The largest absolute Gasteiger partial charge is 0.465 e. The Hall–Kier alpha value is -1.68. The summed E-state index contributed by atoms with van der Waals surface area (Å²) in [6.07, 6.45) is 0. The molecule has 0 aliphatic heterocycles. The standard InChI is InChI=1S/C13H11FO2S/c1-8-7-9(3-4-10(8)14)11-5-6-12(17-11)13(15)16-2/h3-7H,1-2H3. The van der Waals surface area contributed by atoms with Crippen LogP contribution in [0.1, 0.15) is 15.2 Å². The molecule has 1 aromatic carbocycles. The number of hydrogen-bond donors (Lipinski definition) is 0. The van der Waals surface area contributed by atoms with Gasteiger partial charge in [0.1, 0.15) is 10.7 Å². The Kier molecular flexibility index (Phi) is 3.24. The minimum atomic E-state index is -0.347. The summed E-state index contributed by atoms with van der Waals surface area (Å²) in [6.45, 7) is 1.72. The van der Waals surface area contributed by atoms with E-state index in [9.17, 15) is 9.18 Å². The average molecular weight is 250 g/mol. The van der Waals surface area contributed by atoms with Crippen LogP contribution in [-0.4, -0.2) is 13.1 Å². The number of carbonyl (C=O) groups excluding carboxylic acids is 1. The quantitative estimate of drug-likeness (QED) is 0.760. The molecular weight excluding hydrogens is 239 g/mol. The van der Waals surface area contributed by atoms with Crippen LogP contribution in [0.4, 0.5) is 4.39 Å². The first-order valence-electron chi connectivity index (χ1n) is 5.06. The number of esters is 1. The number of thiophene rings is 1. The van der Waals surface area contributed by atoms with E-state index in [0.29, 0.717) is 10.4 Å². The van der Waals surface area contributed by atoms with Crippen molar-refractivity contribution < 1.29 is 13.9 Å². The van der Waals surface area contributed by atoms with Crippen LogP contribution in [0.25, 0.3) is 10.4 Å². The molecule has 0 aliphatic rings. The number of benzene rings is 1. The van der Waals surface area contributed by atoms with Gasteiger partial charge in [0.15, 0.2) is 0 Å². The molecular formula is C13H11FO2S. The van der Waals surface area contributed by atoms with Crippen molar-refractivity contribution in [3.8, 4) is 10.4 Å². The minimum Gasteiger partial charge on any atom is -0.465 e. The molecule has 1 aromatic heterocycles. The third-order valence-corrected chi connectivity index (χ3v) is 3.55. The molecule has 0 fully saturated rings. The molecule has 0 aliphatic carbocycles. The van der Waals surface area contributed by atoms with Crippen LogP contribution in [0.15, 0.2) is 30.3 Å². The molecule has 0 radical (unpaired) electrons. The Balaban J connectivity index is 2.37. The fourth-order valence-corrected chi connectivity index (χ4v) is 2.42. The Labute approximate surface area is 103 Å². The highest BCUT2D eigenvalue weighted by molar-refractivity contribution is 7.17. The highest BCUT2D eigenvalue weighted by Crippen LogP contribution is 2.29. The lowest BCUT2D eigenvalue weighted by molar-refractivity contribution is 0.0606. The van der Waals surface area contributed by atoms with Gasteiger partial charge in [0.05, 0.1) is 7.11 Å². The third-order valence-electron chi connectivity index (χ3n) is 2.44. The summed E-state index contributed by atoms with van der Waals surface area (Å²) in [6, 6.07) is 8.45. The molecule has 2 rings (SSSR count). The molecule has 1 heterocycles. The zero-order chi connectivity index (χ0) is 12.4. The highest BCUT2D eigenvalue weighted by Gasteiger charge is 2.10. The summed E-state index contributed by atoms with van der Waals surface area (Å²) >= 11 is 1.34. The Morgan fingerprint density at radius 3 is 2.71 bits per heavy atom. The molecule has 0 atom stereocenters. The zero-order valence-electron chi connectivity index (χ0n) is 9.49. The van der Waals surface area contributed by atoms with Gasteiger partial charge >= 0.3 is 5.97 Å². The van der Waals surface area contributed by atoms with Crippen LogP contribution in [0.2, 0.25) is 0 Å². The van der Waals surface area contributed by atoms with Gasteiger partial charge in [-0.3, -0.25) is 0 Å². The van der Waals surface area contributed by atoms with Crippen LogP contribution >= 0.6 is 11.3 Å². The number of hydrogen-bond acceptors (Lipinski definition) is 3. The number of methoxy groups -OCH3 is 1. The van der Waals surface area contributed by atoms with E-state index in [1.54, 1.807) is 25.1 Å². The van der Waals surface area contributed by atoms with E-state index in [2.05, 4.69) is 4.74 Å². The lowest BCUT2D eigenvalue weighted by Crippen LogP contribution is -1.96. The summed E-state index contributed by atoms with van der Waals surface area (Å²) in [5.74, 6) is -0.571. The summed E-state index contributed by atoms with van der Waals surface area (Å²) < 4.78 is 17.8. The van der Waals surface area contributed by atoms with Crippen LogP contribution in [-0.2, 0) is 4.74 Å². The van der Waals surface area contributed by atoms with E-state index in [1.165, 1.54) is 24.5 Å². The number of ether oxygens (including phenoxy) is 1. The van der Waals surface area contributed by atoms with Crippen LogP contribution in [0.5, 0.6) is 0 Å². The van der Waals surface area contributed by atoms with Crippen molar-refractivity contribution in [2.75, 3.05) is 7.11 Å². The van der Waals surface area contributed by atoms with E-state index in [-0.39, 0.29) is 11.8 Å². The topological polar surface area (TPSA) is 26.3 Å². The van der Waals surface area contributed by atoms with Gasteiger partial charge in [-0.05, 0) is 42.3 Å². The minimum absolute atomic E-state index is 0.224. The molecule has 88 valence electrons. The predicted molar refractivity (Wildman–Crippen MR) is 65.8 cm³/mol. The van der Waals surface area contributed by atoms with E-state index < -0.39 is 0 Å². The maximum absolute atomic E-state index is 13.1. The molecule has 17 heavy (non-hydrogen) atoms. The van der Waals surface area contributed by atoms with Gasteiger partial charge in [-0.1, -0.05) is 6.07 Å². The van der Waals surface area contributed by atoms with Crippen molar-refractivity contribution in [2.45, 2.75) is 6.92 Å². The molecule has 4 heteroatoms. The lowest BCUT2D eigenvalue weighted by Gasteiger charge is -2.00. The fourth-order valence-electron chi connectivity index (χ4n) is 1.50. The van der Waals surface area contributed by atoms with Gasteiger partial charge < -0.3 is 4.74 Å². The van der Waals surface area contributed by atoms with Gasteiger partial charge in [0.25, 0.3) is 0 Å². The van der Waals surface area contributed by atoms with Crippen molar-refractivity contribution in [3.63, 3.8) is 0 Å². The summed E-state index contributed by atoms with van der Waals surface area (Å²) in [5, 5.41) is 0. The second kappa shape index (κ2) is 4.67. The van der Waals surface area contributed by atoms with Gasteiger partial charge in [0.2, 0.25) is 0 Å². The van der Waals surface area contributed by atoms with Crippen LogP contribution < -0.4 is 0 Å². The van der Waals surface area contributed by atoms with E-state index >= 15 is 0 Å². The maximum Gasteiger partial charge on any atom is 0.348 e. The zero-order valence-corrected chi connectivity index (χ0v) is 10.3. The molecule has 2 aromatic rings. The molecule has 0 spiro atoms. The fraction of sp³-hybridized carbons (Fsp3) is 0.154. The van der Waals surface area contributed by atoms with Crippen molar-refractivity contribution >= 4 is 17.3 Å². The summed E-state index contributed by atoms with van der Waals surface area (Å²) in [4.78, 5) is 12.8. The first kappa shape index (κ1) is 11.8. The van der Waals surface area contributed by atoms with Gasteiger partial charge in [-0.15, -0.1) is 11.3 Å². The normalized spacial score (nSPS) is 10.3. The van der Waals surface area contributed by atoms with E-state index in [4.69, 9.17) is 0 Å². The van der Waals surface area contributed by atoms with Gasteiger partial charge in [-0.25, -0.2) is 9.18 Å². The second-order valence-corrected chi connectivity index (χ2v) is 4.70. The number of carbonyl (C=O) groups is 1. The first-order chi connectivity index (χ1) is 8.11. The lowest BCUT2D eigenvalue weighted by atomic mass is 10.1. The van der Waals surface area contributed by atoms with Crippen molar-refractivity contribution in [1.29, 1.82) is 0 Å². The van der Waals surface area contributed by atoms with E-state index in [0.717, 1.165) is 10.4 Å².